The lowest BCUT2D eigenvalue weighted by Gasteiger charge is -2.47. The number of halogens is 1. The lowest BCUT2D eigenvalue weighted by Crippen LogP contribution is -2.40. The molecule has 21 heavy (non-hydrogen) atoms. The van der Waals surface area contributed by atoms with E-state index in [0.29, 0.717) is 5.41 Å². The largest absolute Gasteiger partial charge is 0.0843 e. The fraction of sp³-hybridized carbons (Fsp3) is 0.400. The molecule has 0 bridgehead atoms. The van der Waals surface area contributed by atoms with E-state index in [1.807, 2.05) is 12.1 Å². The van der Waals surface area contributed by atoms with Crippen LogP contribution in [0.2, 0.25) is 5.02 Å². The van der Waals surface area contributed by atoms with Crippen LogP contribution in [0.4, 0.5) is 0 Å². The standard InChI is InChI=1S/C20H23Cl/c1-19(2)12-11-16-13-15(7-10-18(16)20(19,3)4)14-5-8-17(21)9-6-14/h5-10,13H,11-12H2,1-4H3. The second-order valence-corrected chi connectivity index (χ2v) is 7.82. The first kappa shape index (κ1) is 14.7. The molecule has 0 heterocycles. The van der Waals surface area contributed by atoms with Crippen LogP contribution in [0.5, 0.6) is 0 Å². The molecule has 3 rings (SSSR count). The van der Waals surface area contributed by atoms with Crippen molar-refractivity contribution in [2.75, 3.05) is 0 Å². The summed E-state index contributed by atoms with van der Waals surface area (Å²) >= 11 is 5.98. The van der Waals surface area contributed by atoms with Crippen molar-refractivity contribution in [3.63, 3.8) is 0 Å². The van der Waals surface area contributed by atoms with E-state index in [1.54, 1.807) is 0 Å². The zero-order valence-electron chi connectivity index (χ0n) is 13.3. The first-order valence-corrected chi connectivity index (χ1v) is 8.08. The van der Waals surface area contributed by atoms with Crippen molar-refractivity contribution < 1.29 is 0 Å². The fourth-order valence-electron chi connectivity index (χ4n) is 3.36. The molecule has 0 saturated carbocycles. The van der Waals surface area contributed by atoms with E-state index in [9.17, 15) is 0 Å². The van der Waals surface area contributed by atoms with Gasteiger partial charge < -0.3 is 0 Å². The van der Waals surface area contributed by atoms with Crippen molar-refractivity contribution in [2.24, 2.45) is 5.41 Å². The smallest absolute Gasteiger partial charge is 0.0406 e. The Morgan fingerprint density at radius 3 is 2.14 bits per heavy atom. The number of fused-ring (bicyclic) bond motifs is 1. The van der Waals surface area contributed by atoms with Gasteiger partial charge in [-0.05, 0) is 58.1 Å². The first-order valence-electron chi connectivity index (χ1n) is 7.71. The Bertz CT molecular complexity index is 663. The van der Waals surface area contributed by atoms with E-state index in [4.69, 9.17) is 11.6 Å². The minimum absolute atomic E-state index is 0.221. The molecule has 1 aliphatic carbocycles. The van der Waals surface area contributed by atoms with Crippen LogP contribution >= 0.6 is 11.6 Å². The Kier molecular flexibility index (Phi) is 3.41. The van der Waals surface area contributed by atoms with Crippen LogP contribution in [0, 0.1) is 5.41 Å². The van der Waals surface area contributed by atoms with Crippen LogP contribution in [0.15, 0.2) is 42.5 Å². The molecule has 0 aromatic heterocycles. The Labute approximate surface area is 133 Å². The quantitative estimate of drug-likeness (QED) is 0.583. The van der Waals surface area contributed by atoms with Gasteiger partial charge in [0.15, 0.2) is 0 Å². The van der Waals surface area contributed by atoms with E-state index in [2.05, 4.69) is 58.0 Å². The van der Waals surface area contributed by atoms with Crippen LogP contribution in [0.3, 0.4) is 0 Å². The maximum Gasteiger partial charge on any atom is 0.0406 e. The molecule has 0 N–H and O–H groups in total. The second-order valence-electron chi connectivity index (χ2n) is 7.39. The van der Waals surface area contributed by atoms with Crippen molar-refractivity contribution in [3.8, 4) is 11.1 Å². The predicted molar refractivity (Wildman–Crippen MR) is 92.0 cm³/mol. The van der Waals surface area contributed by atoms with Crippen LogP contribution in [-0.4, -0.2) is 0 Å². The maximum atomic E-state index is 5.98. The molecule has 0 amide bonds. The maximum absolute atomic E-state index is 5.98. The molecule has 0 nitrogen and oxygen atoms in total. The van der Waals surface area contributed by atoms with Gasteiger partial charge in [0, 0.05) is 5.02 Å². The summed E-state index contributed by atoms with van der Waals surface area (Å²) in [5.74, 6) is 0. The Morgan fingerprint density at radius 2 is 1.48 bits per heavy atom. The lowest BCUT2D eigenvalue weighted by molar-refractivity contribution is 0.165. The zero-order valence-corrected chi connectivity index (χ0v) is 14.1. The second kappa shape index (κ2) is 4.88. The molecular weight excluding hydrogens is 276 g/mol. The molecule has 2 aromatic rings. The molecule has 0 fully saturated rings. The van der Waals surface area contributed by atoms with Gasteiger partial charge in [-0.2, -0.15) is 0 Å². The third-order valence-corrected chi connectivity index (χ3v) is 5.92. The SMILES string of the molecule is CC1(C)CCc2cc(-c3ccc(Cl)cc3)ccc2C1(C)C. The van der Waals surface area contributed by atoms with Crippen molar-refractivity contribution in [1.82, 2.24) is 0 Å². The fourth-order valence-corrected chi connectivity index (χ4v) is 3.48. The van der Waals surface area contributed by atoms with Crippen molar-refractivity contribution >= 4 is 11.6 Å². The van der Waals surface area contributed by atoms with Gasteiger partial charge in [0.05, 0.1) is 0 Å². The highest BCUT2D eigenvalue weighted by Gasteiger charge is 2.42. The molecule has 0 saturated heterocycles. The van der Waals surface area contributed by atoms with Gasteiger partial charge in [0.1, 0.15) is 0 Å². The van der Waals surface area contributed by atoms with Crippen LogP contribution < -0.4 is 0 Å². The van der Waals surface area contributed by atoms with E-state index >= 15 is 0 Å². The minimum Gasteiger partial charge on any atom is -0.0843 e. The number of hydrogen-bond donors (Lipinski definition) is 0. The monoisotopic (exact) mass is 298 g/mol. The number of benzene rings is 2. The number of hydrogen-bond acceptors (Lipinski definition) is 0. The van der Waals surface area contributed by atoms with Gasteiger partial charge in [0.25, 0.3) is 0 Å². The van der Waals surface area contributed by atoms with Crippen LogP contribution in [-0.2, 0) is 11.8 Å². The average Bonchev–Trinajstić information content (AvgIpc) is 2.44. The molecule has 1 aliphatic rings. The number of rotatable bonds is 1. The summed E-state index contributed by atoms with van der Waals surface area (Å²) in [6.07, 6.45) is 2.42. The Morgan fingerprint density at radius 1 is 0.857 bits per heavy atom. The van der Waals surface area contributed by atoms with Gasteiger partial charge in [-0.3, -0.25) is 0 Å². The van der Waals surface area contributed by atoms with E-state index < -0.39 is 0 Å². The summed E-state index contributed by atoms with van der Waals surface area (Å²) in [6, 6.07) is 15.1. The average molecular weight is 299 g/mol. The highest BCUT2D eigenvalue weighted by Crippen LogP contribution is 2.49. The summed E-state index contributed by atoms with van der Waals surface area (Å²) < 4.78 is 0. The summed E-state index contributed by atoms with van der Waals surface area (Å²) in [5.41, 5.74) is 6.12. The van der Waals surface area contributed by atoms with Gasteiger partial charge >= 0.3 is 0 Å². The normalized spacial score (nSPS) is 19.1. The van der Waals surface area contributed by atoms with Gasteiger partial charge in [0.2, 0.25) is 0 Å². The van der Waals surface area contributed by atoms with Gasteiger partial charge in [-0.1, -0.05) is 69.6 Å². The van der Waals surface area contributed by atoms with E-state index in [0.717, 1.165) is 5.02 Å². The third kappa shape index (κ3) is 2.40. The molecule has 2 aromatic carbocycles. The van der Waals surface area contributed by atoms with Gasteiger partial charge in [-0.15, -0.1) is 0 Å². The summed E-state index contributed by atoms with van der Waals surface area (Å²) in [5, 5.41) is 0.791. The molecule has 0 radical (unpaired) electrons. The minimum atomic E-state index is 0.221. The molecule has 110 valence electrons. The first-order chi connectivity index (χ1) is 9.81. The van der Waals surface area contributed by atoms with Crippen molar-refractivity contribution in [3.05, 3.63) is 58.6 Å². The topological polar surface area (TPSA) is 0 Å². The van der Waals surface area contributed by atoms with Gasteiger partial charge in [-0.25, -0.2) is 0 Å². The molecule has 0 aliphatic heterocycles. The summed E-state index contributed by atoms with van der Waals surface area (Å²) in [7, 11) is 0. The van der Waals surface area contributed by atoms with E-state index in [-0.39, 0.29) is 5.41 Å². The summed E-state index contributed by atoms with van der Waals surface area (Å²) in [6.45, 7) is 9.55. The molecule has 0 spiro atoms. The molecule has 1 heteroatoms. The Balaban J connectivity index is 2.06. The third-order valence-electron chi connectivity index (χ3n) is 5.67. The molecule has 0 unspecified atom stereocenters. The number of aryl methyl sites for hydroxylation is 1. The van der Waals surface area contributed by atoms with Crippen molar-refractivity contribution in [2.45, 2.75) is 46.0 Å². The molecule has 0 atom stereocenters. The highest BCUT2D eigenvalue weighted by molar-refractivity contribution is 6.30. The lowest BCUT2D eigenvalue weighted by atomic mass is 9.57. The van der Waals surface area contributed by atoms with Crippen LogP contribution in [0.1, 0.15) is 45.2 Å². The van der Waals surface area contributed by atoms with Crippen molar-refractivity contribution in [1.29, 1.82) is 0 Å². The molecular formula is C20H23Cl. The summed E-state index contributed by atoms with van der Waals surface area (Å²) in [4.78, 5) is 0. The Hall–Kier alpha value is -1.27. The zero-order chi connectivity index (χ0) is 15.3. The highest BCUT2D eigenvalue weighted by atomic mass is 35.5. The van der Waals surface area contributed by atoms with E-state index in [1.165, 1.54) is 35.1 Å². The van der Waals surface area contributed by atoms with Crippen LogP contribution in [0.25, 0.3) is 11.1 Å². The predicted octanol–water partition coefficient (Wildman–Crippen LogP) is 6.26.